The molecule has 25 heavy (non-hydrogen) atoms. The lowest BCUT2D eigenvalue weighted by Gasteiger charge is -2.19. The molecule has 1 amide bonds. The van der Waals surface area contributed by atoms with Gasteiger partial charge in [-0.25, -0.2) is 0 Å². The van der Waals surface area contributed by atoms with Crippen molar-refractivity contribution in [1.82, 2.24) is 15.6 Å². The van der Waals surface area contributed by atoms with Crippen LogP contribution in [0.15, 0.2) is 30.5 Å². The molecule has 2 atom stereocenters. The number of hydrogen-bond acceptors (Lipinski definition) is 3. The highest BCUT2D eigenvalue weighted by atomic mass is 16.2. The zero-order valence-electron chi connectivity index (χ0n) is 15.4. The Morgan fingerprint density at radius 1 is 1.20 bits per heavy atom. The average Bonchev–Trinajstić information content (AvgIpc) is 3.00. The minimum absolute atomic E-state index is 0.0251. The Kier molecular flexibility index (Phi) is 7.19. The van der Waals surface area contributed by atoms with Gasteiger partial charge in [-0.3, -0.25) is 9.59 Å². The number of H-pyrrole nitrogens is 1. The second-order valence-electron chi connectivity index (χ2n) is 6.74. The number of para-hydroxylation sites is 1. The smallest absolute Gasteiger partial charge is 0.223 e. The Morgan fingerprint density at radius 2 is 1.96 bits per heavy atom. The second kappa shape index (κ2) is 9.37. The third-order valence-electron chi connectivity index (χ3n) is 4.63. The third-order valence-corrected chi connectivity index (χ3v) is 4.63. The first-order valence-electron chi connectivity index (χ1n) is 9.03. The third kappa shape index (κ3) is 5.43. The average molecular weight is 343 g/mol. The Bertz CT molecular complexity index is 708. The fourth-order valence-electron chi connectivity index (χ4n) is 3.06. The molecule has 2 aromatic rings. The highest BCUT2D eigenvalue weighted by molar-refractivity contribution is 5.89. The molecular formula is C20H29N3O2. The molecule has 1 aromatic heterocycles. The summed E-state index contributed by atoms with van der Waals surface area (Å²) < 4.78 is 0. The quantitative estimate of drug-likeness (QED) is 0.581. The van der Waals surface area contributed by atoms with Crippen molar-refractivity contribution in [3.05, 3.63) is 36.0 Å². The van der Waals surface area contributed by atoms with Crippen molar-refractivity contribution in [3.63, 3.8) is 0 Å². The van der Waals surface area contributed by atoms with Crippen LogP contribution in [0.2, 0.25) is 0 Å². The van der Waals surface area contributed by atoms with E-state index in [9.17, 15) is 9.59 Å². The maximum atomic E-state index is 12.5. The van der Waals surface area contributed by atoms with Crippen LogP contribution in [0.1, 0.15) is 38.7 Å². The van der Waals surface area contributed by atoms with Gasteiger partial charge < -0.3 is 15.6 Å². The van der Waals surface area contributed by atoms with E-state index in [0.29, 0.717) is 12.8 Å². The number of Topliss-reactive ketones (excluding diaryl/α,β-unsaturated/α-hetero) is 1. The number of aromatic amines is 1. The lowest BCUT2D eigenvalue weighted by molar-refractivity contribution is -0.129. The molecule has 0 aliphatic rings. The van der Waals surface area contributed by atoms with Gasteiger partial charge in [0.05, 0.1) is 6.04 Å². The van der Waals surface area contributed by atoms with Crippen LogP contribution in [0.3, 0.4) is 0 Å². The Balaban J connectivity index is 1.92. The van der Waals surface area contributed by atoms with Gasteiger partial charge in [0, 0.05) is 23.0 Å². The van der Waals surface area contributed by atoms with Gasteiger partial charge in [-0.15, -0.1) is 0 Å². The molecule has 0 aliphatic carbocycles. The van der Waals surface area contributed by atoms with Gasteiger partial charge in [0.25, 0.3) is 0 Å². The van der Waals surface area contributed by atoms with Crippen LogP contribution in [0, 0.1) is 5.92 Å². The first kappa shape index (κ1) is 19.2. The first-order valence-corrected chi connectivity index (χ1v) is 9.03. The summed E-state index contributed by atoms with van der Waals surface area (Å²) in [6, 6.07) is 7.70. The van der Waals surface area contributed by atoms with Crippen molar-refractivity contribution in [2.45, 2.75) is 45.6 Å². The summed E-state index contributed by atoms with van der Waals surface area (Å²) >= 11 is 0. The van der Waals surface area contributed by atoms with Crippen LogP contribution >= 0.6 is 0 Å². The van der Waals surface area contributed by atoms with E-state index in [-0.39, 0.29) is 23.7 Å². The van der Waals surface area contributed by atoms with E-state index >= 15 is 0 Å². The van der Waals surface area contributed by atoms with E-state index < -0.39 is 0 Å². The second-order valence-corrected chi connectivity index (χ2v) is 6.74. The van der Waals surface area contributed by atoms with Gasteiger partial charge in [-0.2, -0.15) is 0 Å². The van der Waals surface area contributed by atoms with E-state index in [1.165, 1.54) is 0 Å². The molecule has 0 unspecified atom stereocenters. The fourth-order valence-corrected chi connectivity index (χ4v) is 3.06. The highest BCUT2D eigenvalue weighted by Gasteiger charge is 2.21. The molecule has 0 radical (unpaired) electrons. The Morgan fingerprint density at radius 3 is 2.68 bits per heavy atom. The van der Waals surface area contributed by atoms with Crippen molar-refractivity contribution in [2.24, 2.45) is 5.92 Å². The molecule has 3 N–H and O–H groups in total. The van der Waals surface area contributed by atoms with Gasteiger partial charge in [0.1, 0.15) is 0 Å². The predicted molar refractivity (Wildman–Crippen MR) is 102 cm³/mol. The van der Waals surface area contributed by atoms with Crippen LogP contribution in [0.4, 0.5) is 0 Å². The standard InChI is InChI=1S/C20H29N3O2/c1-14(12-16-13-22-19-10-5-4-8-17(16)19)20(25)23-18(15(2)24)9-6-7-11-21-3/h4-5,8,10,13-14,18,21-22H,6-7,9,11-12H2,1-3H3,(H,23,25)/t14-,18-/m0/s1. The Hall–Kier alpha value is -2.14. The molecule has 0 bridgehead atoms. The van der Waals surface area contributed by atoms with Crippen LogP contribution in [0.25, 0.3) is 10.9 Å². The van der Waals surface area contributed by atoms with Crippen molar-refractivity contribution >= 4 is 22.6 Å². The topological polar surface area (TPSA) is 74.0 Å². The highest BCUT2D eigenvalue weighted by Crippen LogP contribution is 2.21. The molecular weight excluding hydrogens is 314 g/mol. The van der Waals surface area contributed by atoms with Gasteiger partial charge in [-0.05, 0) is 57.8 Å². The summed E-state index contributed by atoms with van der Waals surface area (Å²) in [6.45, 7) is 4.39. The molecule has 2 rings (SSSR count). The van der Waals surface area contributed by atoms with E-state index in [0.717, 1.165) is 35.9 Å². The number of hydrogen-bond donors (Lipinski definition) is 3. The number of amides is 1. The summed E-state index contributed by atoms with van der Waals surface area (Å²) in [6.07, 6.45) is 5.24. The summed E-state index contributed by atoms with van der Waals surface area (Å²) in [7, 11) is 1.91. The van der Waals surface area contributed by atoms with Crippen molar-refractivity contribution in [2.75, 3.05) is 13.6 Å². The number of carbonyl (C=O) groups is 2. The number of benzene rings is 1. The normalized spacial score (nSPS) is 13.6. The van der Waals surface area contributed by atoms with E-state index in [1.54, 1.807) is 6.92 Å². The zero-order valence-corrected chi connectivity index (χ0v) is 15.4. The summed E-state index contributed by atoms with van der Waals surface area (Å²) in [5.74, 6) is -0.213. The lowest BCUT2D eigenvalue weighted by atomic mass is 9.98. The van der Waals surface area contributed by atoms with Crippen LogP contribution < -0.4 is 10.6 Å². The van der Waals surface area contributed by atoms with Crippen molar-refractivity contribution in [3.8, 4) is 0 Å². The van der Waals surface area contributed by atoms with Gasteiger partial charge in [-0.1, -0.05) is 25.1 Å². The van der Waals surface area contributed by atoms with Crippen LogP contribution in [-0.2, 0) is 16.0 Å². The number of aromatic nitrogens is 1. The molecule has 1 aromatic carbocycles. The summed E-state index contributed by atoms with van der Waals surface area (Å²) in [5, 5.41) is 7.18. The number of ketones is 1. The maximum Gasteiger partial charge on any atom is 0.223 e. The van der Waals surface area contributed by atoms with E-state index in [4.69, 9.17) is 0 Å². The van der Waals surface area contributed by atoms with Crippen LogP contribution in [-0.4, -0.2) is 36.3 Å². The molecule has 0 spiro atoms. The minimum Gasteiger partial charge on any atom is -0.361 e. The number of nitrogens with one attached hydrogen (secondary N) is 3. The monoisotopic (exact) mass is 343 g/mol. The van der Waals surface area contributed by atoms with Crippen LogP contribution in [0.5, 0.6) is 0 Å². The van der Waals surface area contributed by atoms with Gasteiger partial charge in [0.15, 0.2) is 5.78 Å². The minimum atomic E-state index is -0.380. The number of unbranched alkanes of at least 4 members (excludes halogenated alkanes) is 1. The van der Waals surface area contributed by atoms with Gasteiger partial charge >= 0.3 is 0 Å². The van der Waals surface area contributed by atoms with Gasteiger partial charge in [0.2, 0.25) is 5.91 Å². The van der Waals surface area contributed by atoms with Crippen molar-refractivity contribution in [1.29, 1.82) is 0 Å². The summed E-state index contributed by atoms with van der Waals surface area (Å²) in [5.41, 5.74) is 2.21. The van der Waals surface area contributed by atoms with E-state index in [2.05, 4.69) is 21.7 Å². The maximum absolute atomic E-state index is 12.5. The van der Waals surface area contributed by atoms with Crippen molar-refractivity contribution < 1.29 is 9.59 Å². The molecule has 5 nitrogen and oxygen atoms in total. The molecule has 0 aliphatic heterocycles. The number of rotatable bonds is 10. The fraction of sp³-hybridized carbons (Fsp3) is 0.500. The molecule has 0 fully saturated rings. The number of carbonyl (C=O) groups excluding carboxylic acids is 2. The molecule has 136 valence electrons. The molecule has 5 heteroatoms. The summed E-state index contributed by atoms with van der Waals surface area (Å²) in [4.78, 5) is 27.6. The first-order chi connectivity index (χ1) is 12.0. The SMILES string of the molecule is CNCCCC[C@H](NC(=O)[C@@H](C)Cc1c[nH]c2ccccc12)C(C)=O. The predicted octanol–water partition coefficient (Wildman–Crippen LogP) is 2.81. The zero-order chi connectivity index (χ0) is 18.2. The lowest BCUT2D eigenvalue weighted by Crippen LogP contribution is -2.42. The van der Waals surface area contributed by atoms with E-state index in [1.807, 2.05) is 38.4 Å². The molecule has 0 saturated heterocycles. The number of fused-ring (bicyclic) bond motifs is 1. The molecule has 1 heterocycles. The largest absolute Gasteiger partial charge is 0.361 e. The molecule has 0 saturated carbocycles. The Labute approximate surface area is 149 Å².